The molecule has 17 heavy (non-hydrogen) atoms. The highest BCUT2D eigenvalue weighted by atomic mass is 32.1. The van der Waals surface area contributed by atoms with Crippen molar-refractivity contribution in [1.82, 2.24) is 5.32 Å². The van der Waals surface area contributed by atoms with Crippen LogP contribution in [-0.2, 0) is 4.79 Å². The van der Waals surface area contributed by atoms with Crippen LogP contribution in [0.25, 0.3) is 0 Å². The van der Waals surface area contributed by atoms with Crippen LogP contribution in [0.1, 0.15) is 39.5 Å². The van der Waals surface area contributed by atoms with Crippen molar-refractivity contribution in [1.29, 1.82) is 0 Å². The lowest BCUT2D eigenvalue weighted by Crippen LogP contribution is -2.40. The minimum Gasteiger partial charge on any atom is -0.396 e. The summed E-state index contributed by atoms with van der Waals surface area (Å²) in [6.07, 6.45) is 4.62. The number of nitrogens with one attached hydrogen (secondary N) is 1. The molecule has 1 fully saturated rings. The molecule has 1 aliphatic rings. The van der Waals surface area contributed by atoms with Crippen LogP contribution in [0, 0.1) is 17.8 Å². The quantitative estimate of drug-likeness (QED) is 0.660. The van der Waals surface area contributed by atoms with Gasteiger partial charge in [0.1, 0.15) is 0 Å². The number of hydrogen-bond acceptors (Lipinski definition) is 3. The van der Waals surface area contributed by atoms with Gasteiger partial charge in [-0.1, -0.05) is 26.7 Å². The fourth-order valence-electron chi connectivity index (χ4n) is 2.43. The Kier molecular flexibility index (Phi) is 6.34. The van der Waals surface area contributed by atoms with Gasteiger partial charge in [0.05, 0.1) is 5.25 Å². The molecular formula is C13H25NO2S. The summed E-state index contributed by atoms with van der Waals surface area (Å²) in [6.45, 7) is 4.92. The van der Waals surface area contributed by atoms with E-state index >= 15 is 0 Å². The summed E-state index contributed by atoms with van der Waals surface area (Å²) >= 11 is 4.30. The summed E-state index contributed by atoms with van der Waals surface area (Å²) < 4.78 is 0. The number of carbonyl (C=O) groups is 1. The van der Waals surface area contributed by atoms with Crippen molar-refractivity contribution in [3.63, 3.8) is 0 Å². The SMILES string of the molecule is CC(C)C(S)C(=O)NCC1CCCCC1CO. The molecule has 0 heterocycles. The largest absolute Gasteiger partial charge is 0.396 e. The molecule has 0 aromatic carbocycles. The lowest BCUT2D eigenvalue weighted by atomic mass is 9.79. The molecule has 1 saturated carbocycles. The van der Waals surface area contributed by atoms with Gasteiger partial charge in [0.15, 0.2) is 0 Å². The summed E-state index contributed by atoms with van der Waals surface area (Å²) in [5.41, 5.74) is 0. The zero-order chi connectivity index (χ0) is 12.8. The Morgan fingerprint density at radius 3 is 2.47 bits per heavy atom. The maximum atomic E-state index is 11.8. The molecule has 4 heteroatoms. The number of hydrogen-bond donors (Lipinski definition) is 3. The molecule has 0 radical (unpaired) electrons. The Hall–Kier alpha value is -0.220. The molecule has 0 spiro atoms. The molecule has 0 aromatic rings. The minimum atomic E-state index is -0.230. The highest BCUT2D eigenvalue weighted by Crippen LogP contribution is 2.29. The molecule has 100 valence electrons. The molecule has 0 aliphatic heterocycles. The van der Waals surface area contributed by atoms with Gasteiger partial charge in [0.25, 0.3) is 0 Å². The van der Waals surface area contributed by atoms with Gasteiger partial charge in [0.2, 0.25) is 5.91 Å². The predicted octanol–water partition coefficient (Wildman–Crippen LogP) is 1.86. The second kappa shape index (κ2) is 7.27. The molecular weight excluding hydrogens is 234 g/mol. The average molecular weight is 259 g/mol. The van der Waals surface area contributed by atoms with Gasteiger partial charge >= 0.3 is 0 Å². The van der Waals surface area contributed by atoms with E-state index in [1.54, 1.807) is 0 Å². The summed E-state index contributed by atoms with van der Waals surface area (Å²) in [5.74, 6) is 1.07. The van der Waals surface area contributed by atoms with Crippen molar-refractivity contribution in [2.75, 3.05) is 13.2 Å². The Morgan fingerprint density at radius 2 is 1.94 bits per heavy atom. The van der Waals surface area contributed by atoms with Gasteiger partial charge < -0.3 is 10.4 Å². The molecule has 3 unspecified atom stereocenters. The fraction of sp³-hybridized carbons (Fsp3) is 0.923. The molecule has 2 N–H and O–H groups in total. The topological polar surface area (TPSA) is 49.3 Å². The molecule has 0 bridgehead atoms. The maximum Gasteiger partial charge on any atom is 0.233 e. The monoisotopic (exact) mass is 259 g/mol. The molecule has 0 aromatic heterocycles. The zero-order valence-corrected chi connectivity index (χ0v) is 11.7. The van der Waals surface area contributed by atoms with Gasteiger partial charge in [-0.05, 0) is 30.6 Å². The Balaban J connectivity index is 2.35. The lowest BCUT2D eigenvalue weighted by Gasteiger charge is -2.30. The summed E-state index contributed by atoms with van der Waals surface area (Å²) in [5, 5.41) is 12.0. The fourth-order valence-corrected chi connectivity index (χ4v) is 2.52. The third-order valence-corrected chi connectivity index (χ3v) is 4.57. The second-order valence-corrected chi connectivity index (χ2v) is 5.98. The standard InChI is InChI=1S/C13H25NO2S/c1-9(2)12(17)13(16)14-7-10-5-3-4-6-11(10)8-15/h9-12,15,17H,3-8H2,1-2H3,(H,14,16). The number of amides is 1. The van der Waals surface area contributed by atoms with Crippen LogP contribution in [0.5, 0.6) is 0 Å². The number of aliphatic hydroxyl groups is 1. The molecule has 3 atom stereocenters. The lowest BCUT2D eigenvalue weighted by molar-refractivity contribution is -0.121. The zero-order valence-electron chi connectivity index (χ0n) is 10.9. The molecule has 3 nitrogen and oxygen atoms in total. The van der Waals surface area contributed by atoms with E-state index in [1.165, 1.54) is 12.8 Å². The van der Waals surface area contributed by atoms with Crippen LogP contribution < -0.4 is 5.32 Å². The smallest absolute Gasteiger partial charge is 0.233 e. The summed E-state index contributed by atoms with van der Waals surface area (Å²) in [6, 6.07) is 0. The first kappa shape index (κ1) is 14.8. The Bertz CT molecular complexity index is 246. The van der Waals surface area contributed by atoms with Gasteiger partial charge in [0, 0.05) is 13.2 Å². The molecule has 1 amide bonds. The van der Waals surface area contributed by atoms with E-state index in [9.17, 15) is 9.90 Å². The van der Waals surface area contributed by atoms with Crippen molar-refractivity contribution in [2.24, 2.45) is 17.8 Å². The van der Waals surface area contributed by atoms with Crippen molar-refractivity contribution >= 4 is 18.5 Å². The van der Waals surface area contributed by atoms with Crippen molar-refractivity contribution in [3.8, 4) is 0 Å². The van der Waals surface area contributed by atoms with E-state index in [4.69, 9.17) is 0 Å². The summed E-state index contributed by atoms with van der Waals surface area (Å²) in [7, 11) is 0. The van der Waals surface area contributed by atoms with Crippen LogP contribution in [0.3, 0.4) is 0 Å². The van der Waals surface area contributed by atoms with E-state index in [0.29, 0.717) is 18.4 Å². The maximum absolute atomic E-state index is 11.8. The molecule has 0 saturated heterocycles. The third-order valence-electron chi connectivity index (χ3n) is 3.74. The van der Waals surface area contributed by atoms with E-state index in [1.807, 2.05) is 13.8 Å². The highest BCUT2D eigenvalue weighted by molar-refractivity contribution is 7.81. The number of carbonyl (C=O) groups excluding carboxylic acids is 1. The first-order valence-corrected chi connectivity index (χ1v) is 7.14. The van der Waals surface area contributed by atoms with Crippen LogP contribution in [0.15, 0.2) is 0 Å². The van der Waals surface area contributed by atoms with Crippen molar-refractivity contribution in [2.45, 2.75) is 44.8 Å². The second-order valence-electron chi connectivity index (χ2n) is 5.42. The minimum absolute atomic E-state index is 0.0191. The molecule has 1 aliphatic carbocycles. The average Bonchev–Trinajstić information content (AvgIpc) is 2.35. The van der Waals surface area contributed by atoms with E-state index in [0.717, 1.165) is 12.8 Å². The van der Waals surface area contributed by atoms with Gasteiger partial charge in [-0.3, -0.25) is 4.79 Å². The highest BCUT2D eigenvalue weighted by Gasteiger charge is 2.26. The normalized spacial score (nSPS) is 26.9. The van der Waals surface area contributed by atoms with Crippen LogP contribution in [0.4, 0.5) is 0 Å². The van der Waals surface area contributed by atoms with E-state index < -0.39 is 0 Å². The van der Waals surface area contributed by atoms with Gasteiger partial charge in [-0.2, -0.15) is 12.6 Å². The van der Waals surface area contributed by atoms with Crippen LogP contribution >= 0.6 is 12.6 Å². The first-order valence-electron chi connectivity index (χ1n) is 6.63. The Labute approximate surface area is 110 Å². The van der Waals surface area contributed by atoms with E-state index in [2.05, 4.69) is 17.9 Å². The first-order chi connectivity index (χ1) is 8.06. The van der Waals surface area contributed by atoms with Crippen molar-refractivity contribution in [3.05, 3.63) is 0 Å². The number of thiol groups is 1. The Morgan fingerprint density at radius 1 is 1.35 bits per heavy atom. The third kappa shape index (κ3) is 4.51. The number of rotatable bonds is 5. The van der Waals surface area contributed by atoms with E-state index in [-0.39, 0.29) is 23.7 Å². The number of aliphatic hydroxyl groups excluding tert-OH is 1. The van der Waals surface area contributed by atoms with Crippen molar-refractivity contribution < 1.29 is 9.90 Å². The predicted molar refractivity (Wildman–Crippen MR) is 73.2 cm³/mol. The van der Waals surface area contributed by atoms with Crippen LogP contribution in [0.2, 0.25) is 0 Å². The van der Waals surface area contributed by atoms with Crippen LogP contribution in [-0.4, -0.2) is 29.4 Å². The molecule has 1 rings (SSSR count). The van der Waals surface area contributed by atoms with Gasteiger partial charge in [-0.25, -0.2) is 0 Å². The summed E-state index contributed by atoms with van der Waals surface area (Å²) in [4.78, 5) is 11.8. The van der Waals surface area contributed by atoms with Gasteiger partial charge in [-0.15, -0.1) is 0 Å².